The van der Waals surface area contributed by atoms with Crippen LogP contribution in [0.25, 0.3) is 0 Å². The number of rotatable bonds is 7. The lowest BCUT2D eigenvalue weighted by atomic mass is 10.2. The molecule has 0 aromatic heterocycles. The first-order valence-corrected chi connectivity index (χ1v) is 9.03. The van der Waals surface area contributed by atoms with E-state index in [0.29, 0.717) is 16.3 Å². The van der Waals surface area contributed by atoms with Crippen molar-refractivity contribution >= 4 is 38.7 Å². The fourth-order valence-corrected chi connectivity index (χ4v) is 3.71. The van der Waals surface area contributed by atoms with Gasteiger partial charge in [0.25, 0.3) is 15.7 Å². The summed E-state index contributed by atoms with van der Waals surface area (Å²) in [5, 5.41) is 23.1. The topological polar surface area (TPSA) is 122 Å². The van der Waals surface area contributed by atoms with Gasteiger partial charge in [0.05, 0.1) is 27.8 Å². The van der Waals surface area contributed by atoms with Gasteiger partial charge < -0.3 is 10.4 Å². The molecular weight excluding hydrogens is 370 g/mol. The van der Waals surface area contributed by atoms with Crippen molar-refractivity contribution in [2.45, 2.75) is 11.8 Å². The maximum absolute atomic E-state index is 12.6. The van der Waals surface area contributed by atoms with Crippen molar-refractivity contribution in [3.8, 4) is 0 Å². The number of anilines is 2. The number of hydrogen-bond donors (Lipinski definition) is 3. The second-order valence-electron chi connectivity index (χ2n) is 5.15. The highest BCUT2D eigenvalue weighted by Crippen LogP contribution is 2.30. The summed E-state index contributed by atoms with van der Waals surface area (Å²) in [4.78, 5) is 10.3. The van der Waals surface area contributed by atoms with Crippen LogP contribution in [0.2, 0.25) is 5.02 Å². The number of aliphatic hydroxyl groups is 1. The van der Waals surface area contributed by atoms with E-state index in [2.05, 4.69) is 10.0 Å². The average molecular weight is 386 g/mol. The van der Waals surface area contributed by atoms with E-state index in [-0.39, 0.29) is 29.4 Å². The lowest BCUT2D eigenvalue weighted by molar-refractivity contribution is -0.384. The van der Waals surface area contributed by atoms with E-state index in [0.717, 1.165) is 6.07 Å². The second-order valence-corrected chi connectivity index (χ2v) is 7.24. The van der Waals surface area contributed by atoms with Crippen LogP contribution in [-0.2, 0) is 10.0 Å². The lowest BCUT2D eigenvalue weighted by Gasteiger charge is -2.15. The van der Waals surface area contributed by atoms with Gasteiger partial charge in [0, 0.05) is 23.7 Å². The van der Waals surface area contributed by atoms with E-state index in [4.69, 9.17) is 16.7 Å². The van der Waals surface area contributed by atoms with Crippen molar-refractivity contribution in [2.24, 2.45) is 0 Å². The Morgan fingerprint density at radius 2 is 1.92 bits per heavy atom. The van der Waals surface area contributed by atoms with E-state index in [1.54, 1.807) is 6.92 Å². The Hall–Kier alpha value is -2.36. The van der Waals surface area contributed by atoms with Crippen LogP contribution in [0.5, 0.6) is 0 Å². The van der Waals surface area contributed by atoms with Crippen molar-refractivity contribution in [3.63, 3.8) is 0 Å². The van der Waals surface area contributed by atoms with Gasteiger partial charge in [0.2, 0.25) is 0 Å². The Morgan fingerprint density at radius 3 is 2.52 bits per heavy atom. The number of halogens is 1. The van der Waals surface area contributed by atoms with Crippen LogP contribution < -0.4 is 10.0 Å². The van der Waals surface area contributed by atoms with Gasteiger partial charge in [-0.2, -0.15) is 0 Å². The standard InChI is InChI=1S/C15H16ClN3O5S/c1-10-8-11(16)2-5-15(10)25(23,24)18-14-9-12(19(21)22)3-4-13(14)17-6-7-20/h2-5,8-9,17-18,20H,6-7H2,1H3. The minimum atomic E-state index is -3.98. The van der Waals surface area contributed by atoms with Gasteiger partial charge in [-0.25, -0.2) is 8.42 Å². The molecule has 0 bridgehead atoms. The fraction of sp³-hybridized carbons (Fsp3) is 0.200. The second kappa shape index (κ2) is 7.68. The van der Waals surface area contributed by atoms with E-state index < -0.39 is 14.9 Å². The number of nitrogens with zero attached hydrogens (tertiary/aromatic N) is 1. The van der Waals surface area contributed by atoms with Gasteiger partial charge in [-0.1, -0.05) is 11.6 Å². The van der Waals surface area contributed by atoms with Crippen molar-refractivity contribution < 1.29 is 18.4 Å². The van der Waals surface area contributed by atoms with Gasteiger partial charge in [-0.15, -0.1) is 0 Å². The summed E-state index contributed by atoms with van der Waals surface area (Å²) in [5.41, 5.74) is 0.502. The maximum atomic E-state index is 12.6. The molecule has 8 nitrogen and oxygen atoms in total. The van der Waals surface area contributed by atoms with Gasteiger partial charge in [0.1, 0.15) is 0 Å². The first-order chi connectivity index (χ1) is 11.7. The fourth-order valence-electron chi connectivity index (χ4n) is 2.19. The number of aliphatic hydroxyl groups excluding tert-OH is 1. The van der Waals surface area contributed by atoms with Gasteiger partial charge in [-0.05, 0) is 36.8 Å². The average Bonchev–Trinajstić information content (AvgIpc) is 2.52. The number of benzene rings is 2. The molecule has 0 aliphatic carbocycles. The van der Waals surface area contributed by atoms with Gasteiger partial charge in [-0.3, -0.25) is 14.8 Å². The lowest BCUT2D eigenvalue weighted by Crippen LogP contribution is -2.16. The van der Waals surface area contributed by atoms with Crippen molar-refractivity contribution in [3.05, 3.63) is 57.1 Å². The molecule has 25 heavy (non-hydrogen) atoms. The molecule has 0 amide bonds. The Kier molecular flexibility index (Phi) is 5.83. The number of aryl methyl sites for hydroxylation is 1. The Labute approximate surface area is 149 Å². The number of nitro groups is 1. The van der Waals surface area contributed by atoms with Gasteiger partial charge >= 0.3 is 0 Å². The Balaban J connectivity index is 2.45. The van der Waals surface area contributed by atoms with Crippen LogP contribution in [0.3, 0.4) is 0 Å². The largest absolute Gasteiger partial charge is 0.395 e. The predicted molar refractivity (Wildman–Crippen MR) is 95.7 cm³/mol. The molecule has 2 aromatic carbocycles. The molecule has 0 unspecified atom stereocenters. The van der Waals surface area contributed by atoms with Crippen LogP contribution in [0, 0.1) is 17.0 Å². The van der Waals surface area contributed by atoms with Crippen LogP contribution in [0.1, 0.15) is 5.56 Å². The van der Waals surface area contributed by atoms with E-state index in [1.807, 2.05) is 0 Å². The van der Waals surface area contributed by atoms with Gasteiger partial charge in [0.15, 0.2) is 0 Å². The third-order valence-corrected chi connectivity index (χ3v) is 5.07. The normalized spacial score (nSPS) is 11.2. The van der Waals surface area contributed by atoms with Crippen molar-refractivity contribution in [1.82, 2.24) is 0 Å². The third kappa shape index (κ3) is 4.59. The molecular formula is C15H16ClN3O5S. The molecule has 134 valence electrons. The Bertz CT molecular complexity index is 902. The molecule has 0 heterocycles. The van der Waals surface area contributed by atoms with Crippen LogP contribution >= 0.6 is 11.6 Å². The van der Waals surface area contributed by atoms with Crippen LogP contribution in [0.4, 0.5) is 17.1 Å². The number of sulfonamides is 1. The van der Waals surface area contributed by atoms with Crippen LogP contribution in [0.15, 0.2) is 41.3 Å². The minimum Gasteiger partial charge on any atom is -0.395 e. The third-order valence-electron chi connectivity index (χ3n) is 3.31. The SMILES string of the molecule is Cc1cc(Cl)ccc1S(=O)(=O)Nc1cc([N+](=O)[O-])ccc1NCCO. The van der Waals surface area contributed by atoms with E-state index in [1.165, 1.54) is 30.3 Å². The molecule has 2 aromatic rings. The summed E-state index contributed by atoms with van der Waals surface area (Å²) in [6, 6.07) is 8.04. The van der Waals surface area contributed by atoms with Crippen molar-refractivity contribution in [1.29, 1.82) is 0 Å². The molecule has 0 saturated carbocycles. The molecule has 0 aliphatic heterocycles. The highest BCUT2D eigenvalue weighted by molar-refractivity contribution is 7.92. The minimum absolute atomic E-state index is 0.0107. The van der Waals surface area contributed by atoms with Crippen LogP contribution in [-0.4, -0.2) is 31.6 Å². The summed E-state index contributed by atoms with van der Waals surface area (Å²) in [5.74, 6) is 0. The molecule has 0 saturated heterocycles. The zero-order chi connectivity index (χ0) is 18.6. The molecule has 10 heteroatoms. The molecule has 3 N–H and O–H groups in total. The quantitative estimate of drug-likeness (QED) is 0.497. The molecule has 2 rings (SSSR count). The first-order valence-electron chi connectivity index (χ1n) is 7.17. The van der Waals surface area contributed by atoms with E-state index in [9.17, 15) is 18.5 Å². The number of hydrogen-bond acceptors (Lipinski definition) is 6. The highest BCUT2D eigenvalue weighted by atomic mass is 35.5. The molecule has 0 fully saturated rings. The summed E-state index contributed by atoms with van der Waals surface area (Å²) >= 11 is 5.84. The number of nitro benzene ring substituents is 1. The summed E-state index contributed by atoms with van der Waals surface area (Å²) in [6.07, 6.45) is 0. The summed E-state index contributed by atoms with van der Waals surface area (Å²) in [6.45, 7) is 1.57. The maximum Gasteiger partial charge on any atom is 0.271 e. The number of nitrogens with one attached hydrogen (secondary N) is 2. The molecule has 0 radical (unpaired) electrons. The molecule has 0 spiro atoms. The Morgan fingerprint density at radius 1 is 1.20 bits per heavy atom. The molecule has 0 atom stereocenters. The number of non-ortho nitro benzene ring substituents is 1. The predicted octanol–water partition coefficient (Wildman–Crippen LogP) is 2.76. The smallest absolute Gasteiger partial charge is 0.271 e. The molecule has 0 aliphatic rings. The summed E-state index contributed by atoms with van der Waals surface area (Å²) < 4.78 is 27.6. The monoisotopic (exact) mass is 385 g/mol. The zero-order valence-corrected chi connectivity index (χ0v) is 14.8. The van der Waals surface area contributed by atoms with E-state index >= 15 is 0 Å². The van der Waals surface area contributed by atoms with Crippen molar-refractivity contribution in [2.75, 3.05) is 23.2 Å². The summed E-state index contributed by atoms with van der Waals surface area (Å²) in [7, 11) is -3.98. The highest BCUT2D eigenvalue weighted by Gasteiger charge is 2.20. The first kappa shape index (κ1) is 19.0. The zero-order valence-electron chi connectivity index (χ0n) is 13.2.